The number of carboxylic acids is 1. The highest BCUT2D eigenvalue weighted by Crippen LogP contribution is 2.11. The number of hydrogen-bond acceptors (Lipinski definition) is 2. The molecule has 0 amide bonds. The molecule has 0 atom stereocenters. The van der Waals surface area contributed by atoms with Gasteiger partial charge in [-0.05, 0) is 18.6 Å². The van der Waals surface area contributed by atoms with Crippen LogP contribution >= 0.6 is 11.6 Å². The molecule has 1 aromatic rings. The first-order valence-electron chi connectivity index (χ1n) is 3.92. The summed E-state index contributed by atoms with van der Waals surface area (Å²) >= 11 is 5.71. The molecule has 1 heterocycles. The summed E-state index contributed by atoms with van der Waals surface area (Å²) < 4.78 is 0. The molecule has 0 saturated heterocycles. The van der Waals surface area contributed by atoms with Gasteiger partial charge in [0.15, 0.2) is 0 Å². The minimum absolute atomic E-state index is 0.165. The van der Waals surface area contributed by atoms with E-state index in [0.717, 1.165) is 5.56 Å². The smallest absolute Gasteiger partial charge is 0.315 e. The highest BCUT2D eigenvalue weighted by Gasteiger charge is 1.96. The van der Waals surface area contributed by atoms with Gasteiger partial charge in [0.25, 0.3) is 0 Å². The molecule has 1 N–H and O–H groups in total. The number of aryl methyl sites for hydroxylation is 1. The van der Waals surface area contributed by atoms with Crippen molar-refractivity contribution >= 4 is 17.6 Å². The van der Waals surface area contributed by atoms with Crippen LogP contribution < -0.4 is 0 Å². The molecule has 0 fully saturated rings. The van der Waals surface area contributed by atoms with Gasteiger partial charge >= 0.3 is 5.97 Å². The lowest BCUT2D eigenvalue weighted by Gasteiger charge is -1.95. The molecule has 1 aromatic heterocycles. The van der Waals surface area contributed by atoms with Gasteiger partial charge < -0.3 is 5.11 Å². The van der Waals surface area contributed by atoms with E-state index >= 15 is 0 Å². The highest BCUT2D eigenvalue weighted by atomic mass is 35.5. The zero-order valence-corrected chi connectivity index (χ0v) is 8.30. The first-order valence-corrected chi connectivity index (χ1v) is 4.30. The first-order chi connectivity index (χ1) is 6.59. The molecule has 1 rings (SSSR count). The fourth-order valence-corrected chi connectivity index (χ4v) is 0.952. The number of pyridine rings is 1. The van der Waals surface area contributed by atoms with Crippen LogP contribution in [0.25, 0.3) is 0 Å². The predicted octanol–water partition coefficient (Wildman–Crippen LogP) is 1.87. The Balaban J connectivity index is 2.81. The van der Waals surface area contributed by atoms with E-state index in [2.05, 4.69) is 16.8 Å². The lowest BCUT2D eigenvalue weighted by Crippen LogP contribution is -1.90. The summed E-state index contributed by atoms with van der Waals surface area (Å²) in [6.45, 7) is 1.82. The molecule has 0 aromatic carbocycles. The second-order valence-electron chi connectivity index (χ2n) is 2.70. The van der Waals surface area contributed by atoms with Crippen LogP contribution in [0, 0.1) is 18.8 Å². The molecule has 3 nitrogen and oxygen atoms in total. The summed E-state index contributed by atoms with van der Waals surface area (Å²) in [5.41, 5.74) is 1.50. The standard InChI is InChI=1S/C10H8ClNO2/c1-7-5-8(6-12-10(7)11)3-2-4-9(13)14/h5-6H,4H2,1H3,(H,13,14). The molecule has 0 unspecified atom stereocenters. The van der Waals surface area contributed by atoms with Gasteiger partial charge in [-0.2, -0.15) is 0 Å². The number of nitrogens with zero attached hydrogens (tertiary/aromatic N) is 1. The number of hydrogen-bond donors (Lipinski definition) is 1. The van der Waals surface area contributed by atoms with Gasteiger partial charge in [0.05, 0.1) is 0 Å². The van der Waals surface area contributed by atoms with Crippen molar-refractivity contribution in [2.75, 3.05) is 0 Å². The summed E-state index contributed by atoms with van der Waals surface area (Å²) in [5.74, 6) is 4.27. The van der Waals surface area contributed by atoms with Crippen LogP contribution in [0.1, 0.15) is 17.5 Å². The van der Waals surface area contributed by atoms with Gasteiger partial charge in [-0.1, -0.05) is 23.4 Å². The van der Waals surface area contributed by atoms with Crippen LogP contribution in [0.3, 0.4) is 0 Å². The van der Waals surface area contributed by atoms with Crippen LogP contribution in [-0.4, -0.2) is 16.1 Å². The van der Waals surface area contributed by atoms with E-state index in [1.165, 1.54) is 6.20 Å². The normalized spacial score (nSPS) is 9.00. The summed E-state index contributed by atoms with van der Waals surface area (Å²) in [6, 6.07) is 1.77. The van der Waals surface area contributed by atoms with E-state index in [-0.39, 0.29) is 6.42 Å². The van der Waals surface area contributed by atoms with E-state index in [9.17, 15) is 4.79 Å². The Labute approximate surface area is 86.7 Å². The molecule has 0 aliphatic heterocycles. The van der Waals surface area contributed by atoms with Crippen LogP contribution in [0.4, 0.5) is 0 Å². The van der Waals surface area contributed by atoms with Gasteiger partial charge in [-0.25, -0.2) is 4.98 Å². The Bertz CT molecular complexity index is 418. The topological polar surface area (TPSA) is 50.2 Å². The Morgan fingerprint density at radius 2 is 2.43 bits per heavy atom. The SMILES string of the molecule is Cc1cc(C#CCC(=O)O)cnc1Cl. The summed E-state index contributed by atoms with van der Waals surface area (Å²) in [6.07, 6.45) is 1.35. The quantitative estimate of drug-likeness (QED) is 0.568. The number of halogens is 1. The van der Waals surface area contributed by atoms with E-state index in [4.69, 9.17) is 16.7 Å². The molecule has 0 radical (unpaired) electrons. The second kappa shape index (κ2) is 4.64. The number of aromatic nitrogens is 1. The molecule has 0 bridgehead atoms. The van der Waals surface area contributed by atoms with E-state index < -0.39 is 5.97 Å². The Morgan fingerprint density at radius 1 is 1.71 bits per heavy atom. The molecule has 0 aliphatic rings. The van der Waals surface area contributed by atoms with Gasteiger partial charge in [-0.15, -0.1) is 0 Å². The van der Waals surface area contributed by atoms with Crippen LogP contribution in [0.2, 0.25) is 5.15 Å². The third-order valence-electron chi connectivity index (χ3n) is 1.49. The predicted molar refractivity (Wildman–Crippen MR) is 53.1 cm³/mol. The maximum Gasteiger partial charge on any atom is 0.315 e. The Hall–Kier alpha value is -1.53. The fourth-order valence-electron chi connectivity index (χ4n) is 0.848. The summed E-state index contributed by atoms with van der Waals surface area (Å²) in [4.78, 5) is 14.1. The first kappa shape index (κ1) is 10.6. The maximum atomic E-state index is 10.2. The van der Waals surface area contributed by atoms with Crippen molar-refractivity contribution in [1.29, 1.82) is 0 Å². The summed E-state index contributed by atoms with van der Waals surface area (Å²) in [7, 11) is 0. The van der Waals surface area contributed by atoms with Gasteiger partial charge in [-0.3, -0.25) is 4.79 Å². The Morgan fingerprint density at radius 3 is 3.00 bits per heavy atom. The third-order valence-corrected chi connectivity index (χ3v) is 1.88. The summed E-state index contributed by atoms with van der Waals surface area (Å²) in [5, 5.41) is 8.79. The number of carboxylic acid groups (broad SMARTS) is 1. The molecular formula is C10H8ClNO2. The highest BCUT2D eigenvalue weighted by molar-refractivity contribution is 6.30. The van der Waals surface area contributed by atoms with E-state index in [1.807, 2.05) is 6.92 Å². The molecular weight excluding hydrogens is 202 g/mol. The average Bonchev–Trinajstić information content (AvgIpc) is 2.10. The van der Waals surface area contributed by atoms with Crippen molar-refractivity contribution in [2.45, 2.75) is 13.3 Å². The van der Waals surface area contributed by atoms with Crippen molar-refractivity contribution in [3.8, 4) is 11.8 Å². The zero-order chi connectivity index (χ0) is 10.6. The minimum atomic E-state index is -0.934. The molecule has 0 saturated carbocycles. The van der Waals surface area contributed by atoms with Crippen molar-refractivity contribution in [3.63, 3.8) is 0 Å². The van der Waals surface area contributed by atoms with Gasteiger partial charge in [0, 0.05) is 11.8 Å². The molecule has 4 heteroatoms. The third kappa shape index (κ3) is 3.08. The van der Waals surface area contributed by atoms with Gasteiger partial charge in [0.2, 0.25) is 0 Å². The van der Waals surface area contributed by atoms with Crippen molar-refractivity contribution in [2.24, 2.45) is 0 Å². The van der Waals surface area contributed by atoms with Gasteiger partial charge in [0.1, 0.15) is 11.6 Å². The van der Waals surface area contributed by atoms with Crippen molar-refractivity contribution in [3.05, 3.63) is 28.5 Å². The maximum absolute atomic E-state index is 10.2. The average molecular weight is 210 g/mol. The van der Waals surface area contributed by atoms with E-state index in [1.54, 1.807) is 6.07 Å². The monoisotopic (exact) mass is 209 g/mol. The zero-order valence-electron chi connectivity index (χ0n) is 7.54. The number of rotatable bonds is 1. The number of carbonyl (C=O) groups is 1. The molecule has 72 valence electrons. The largest absolute Gasteiger partial charge is 0.481 e. The van der Waals surface area contributed by atoms with Crippen LogP contribution in [0.15, 0.2) is 12.3 Å². The molecule has 14 heavy (non-hydrogen) atoms. The lowest BCUT2D eigenvalue weighted by atomic mass is 10.2. The van der Waals surface area contributed by atoms with Crippen LogP contribution in [0.5, 0.6) is 0 Å². The minimum Gasteiger partial charge on any atom is -0.481 e. The number of aliphatic carboxylic acids is 1. The van der Waals surface area contributed by atoms with Crippen molar-refractivity contribution < 1.29 is 9.90 Å². The van der Waals surface area contributed by atoms with Crippen molar-refractivity contribution in [1.82, 2.24) is 4.98 Å². The fraction of sp³-hybridized carbons (Fsp3) is 0.200. The molecule has 0 spiro atoms. The molecule has 0 aliphatic carbocycles. The Kier molecular flexibility index (Phi) is 3.49. The van der Waals surface area contributed by atoms with Crippen LogP contribution in [-0.2, 0) is 4.79 Å². The lowest BCUT2D eigenvalue weighted by molar-refractivity contribution is -0.135. The second-order valence-corrected chi connectivity index (χ2v) is 3.06. The van der Waals surface area contributed by atoms with E-state index in [0.29, 0.717) is 10.7 Å².